The van der Waals surface area contributed by atoms with E-state index in [0.29, 0.717) is 0 Å². The van der Waals surface area contributed by atoms with Crippen LogP contribution in [0.3, 0.4) is 0 Å². The molecule has 0 unspecified atom stereocenters. The number of nitrogens with one attached hydrogen (secondary N) is 1. The lowest BCUT2D eigenvalue weighted by molar-refractivity contribution is 0.732. The van der Waals surface area contributed by atoms with E-state index in [1.54, 1.807) is 0 Å². The molecule has 0 aliphatic carbocycles. The van der Waals surface area contributed by atoms with Crippen molar-refractivity contribution in [3.05, 3.63) is 40.1 Å². The first-order valence-corrected chi connectivity index (χ1v) is 7.26. The molecule has 0 spiro atoms. The summed E-state index contributed by atoms with van der Waals surface area (Å²) >= 11 is 1.87. The van der Waals surface area contributed by atoms with Gasteiger partial charge in [-0.3, -0.25) is 0 Å². The summed E-state index contributed by atoms with van der Waals surface area (Å²) < 4.78 is 0. The molecule has 3 heterocycles. The Morgan fingerprint density at radius 1 is 1.39 bits per heavy atom. The molecule has 0 aromatic carbocycles. The third-order valence-electron chi connectivity index (χ3n) is 3.22. The normalized spacial score (nSPS) is 14.4. The molecule has 0 fully saturated rings. The van der Waals surface area contributed by atoms with Crippen LogP contribution in [0.1, 0.15) is 17.4 Å². The van der Waals surface area contributed by atoms with Crippen LogP contribution in [-0.2, 0) is 13.0 Å². The Morgan fingerprint density at radius 2 is 2.33 bits per heavy atom. The Kier molecular flexibility index (Phi) is 3.19. The standard InChI is InChI=1S/C14H17N3S/c1-2-15-13-4-3-5-14(16-13)17-8-6-12-11(10-17)7-9-18-12/h3-5,7,9H,2,6,8,10H2,1H3,(H,15,16). The summed E-state index contributed by atoms with van der Waals surface area (Å²) in [6.45, 7) is 5.05. The van der Waals surface area contributed by atoms with Crippen LogP contribution in [0.5, 0.6) is 0 Å². The molecule has 1 aliphatic heterocycles. The minimum atomic E-state index is 0.908. The van der Waals surface area contributed by atoms with E-state index in [4.69, 9.17) is 0 Å². The highest BCUT2D eigenvalue weighted by molar-refractivity contribution is 7.10. The van der Waals surface area contributed by atoms with Gasteiger partial charge in [-0.05, 0) is 42.5 Å². The number of rotatable bonds is 3. The van der Waals surface area contributed by atoms with E-state index in [1.165, 1.54) is 10.4 Å². The molecule has 94 valence electrons. The molecule has 1 N–H and O–H groups in total. The third-order valence-corrected chi connectivity index (χ3v) is 4.25. The second-order valence-electron chi connectivity index (χ2n) is 4.45. The van der Waals surface area contributed by atoms with Crippen molar-refractivity contribution < 1.29 is 0 Å². The van der Waals surface area contributed by atoms with Gasteiger partial charge in [-0.25, -0.2) is 4.98 Å². The Hall–Kier alpha value is -1.55. The van der Waals surface area contributed by atoms with Gasteiger partial charge in [0.1, 0.15) is 11.6 Å². The Labute approximate surface area is 111 Å². The van der Waals surface area contributed by atoms with Crippen molar-refractivity contribution in [3.63, 3.8) is 0 Å². The molecule has 0 bridgehead atoms. The molecule has 18 heavy (non-hydrogen) atoms. The molecule has 0 amide bonds. The fraction of sp³-hybridized carbons (Fsp3) is 0.357. The highest BCUT2D eigenvalue weighted by Crippen LogP contribution is 2.27. The first-order chi connectivity index (χ1) is 8.86. The molecule has 1 aliphatic rings. The maximum Gasteiger partial charge on any atom is 0.131 e. The monoisotopic (exact) mass is 259 g/mol. The third kappa shape index (κ3) is 2.20. The van der Waals surface area contributed by atoms with Gasteiger partial charge in [-0.1, -0.05) is 6.07 Å². The van der Waals surface area contributed by atoms with Crippen LogP contribution < -0.4 is 10.2 Å². The molecule has 2 aromatic heterocycles. The minimum Gasteiger partial charge on any atom is -0.370 e. The van der Waals surface area contributed by atoms with Gasteiger partial charge in [0.15, 0.2) is 0 Å². The van der Waals surface area contributed by atoms with Crippen LogP contribution in [-0.4, -0.2) is 18.1 Å². The number of pyridine rings is 1. The van der Waals surface area contributed by atoms with Crippen molar-refractivity contribution in [2.24, 2.45) is 0 Å². The molecule has 3 nitrogen and oxygen atoms in total. The fourth-order valence-corrected chi connectivity index (χ4v) is 3.21. The second-order valence-corrected chi connectivity index (χ2v) is 5.45. The maximum absolute atomic E-state index is 4.66. The predicted molar refractivity (Wildman–Crippen MR) is 77.5 cm³/mol. The molecule has 0 atom stereocenters. The van der Waals surface area contributed by atoms with E-state index in [1.807, 2.05) is 17.4 Å². The Bertz CT molecular complexity index is 535. The van der Waals surface area contributed by atoms with Gasteiger partial charge in [0.25, 0.3) is 0 Å². The highest BCUT2D eigenvalue weighted by atomic mass is 32.1. The van der Waals surface area contributed by atoms with Crippen molar-refractivity contribution in [2.75, 3.05) is 23.3 Å². The van der Waals surface area contributed by atoms with Gasteiger partial charge in [0.05, 0.1) is 0 Å². The summed E-state index contributed by atoms with van der Waals surface area (Å²) in [6.07, 6.45) is 1.14. The smallest absolute Gasteiger partial charge is 0.131 e. The molecular weight excluding hydrogens is 242 g/mol. The quantitative estimate of drug-likeness (QED) is 0.918. The van der Waals surface area contributed by atoms with Crippen molar-refractivity contribution >= 4 is 23.0 Å². The van der Waals surface area contributed by atoms with Crippen LogP contribution in [0.25, 0.3) is 0 Å². The number of nitrogens with zero attached hydrogens (tertiary/aromatic N) is 2. The van der Waals surface area contributed by atoms with E-state index in [0.717, 1.165) is 37.7 Å². The molecule has 3 rings (SSSR count). The second kappa shape index (κ2) is 4.98. The van der Waals surface area contributed by atoms with Crippen LogP contribution in [0.15, 0.2) is 29.6 Å². The van der Waals surface area contributed by atoms with E-state index in [9.17, 15) is 0 Å². The summed E-state index contributed by atoms with van der Waals surface area (Å²) in [4.78, 5) is 8.55. The molecule has 0 saturated carbocycles. The molecule has 0 saturated heterocycles. The van der Waals surface area contributed by atoms with Gasteiger partial charge in [-0.2, -0.15) is 0 Å². The summed E-state index contributed by atoms with van der Waals surface area (Å²) in [5.74, 6) is 2.04. The first kappa shape index (κ1) is 11.5. The lowest BCUT2D eigenvalue weighted by atomic mass is 10.1. The lowest BCUT2D eigenvalue weighted by Gasteiger charge is -2.28. The number of thiophene rings is 1. The summed E-state index contributed by atoms with van der Waals surface area (Å²) in [5, 5.41) is 5.46. The van der Waals surface area contributed by atoms with Gasteiger partial charge in [0, 0.05) is 24.5 Å². The van der Waals surface area contributed by atoms with Crippen LogP contribution in [0, 0.1) is 0 Å². The van der Waals surface area contributed by atoms with Gasteiger partial charge < -0.3 is 10.2 Å². The Morgan fingerprint density at radius 3 is 3.22 bits per heavy atom. The SMILES string of the molecule is CCNc1cccc(N2CCc3sccc3C2)n1. The van der Waals surface area contributed by atoms with E-state index >= 15 is 0 Å². The lowest BCUT2D eigenvalue weighted by Crippen LogP contribution is -2.30. The number of hydrogen-bond acceptors (Lipinski definition) is 4. The topological polar surface area (TPSA) is 28.2 Å². The van der Waals surface area contributed by atoms with Crippen molar-refractivity contribution in [2.45, 2.75) is 19.9 Å². The molecule has 2 aromatic rings. The predicted octanol–water partition coefficient (Wildman–Crippen LogP) is 3.14. The number of aromatic nitrogens is 1. The van der Waals surface area contributed by atoms with Crippen LogP contribution >= 0.6 is 11.3 Å². The summed E-state index contributed by atoms with van der Waals surface area (Å²) in [5.41, 5.74) is 1.46. The van der Waals surface area contributed by atoms with E-state index < -0.39 is 0 Å². The van der Waals surface area contributed by atoms with Crippen molar-refractivity contribution in [1.82, 2.24) is 4.98 Å². The highest BCUT2D eigenvalue weighted by Gasteiger charge is 2.18. The average Bonchev–Trinajstić information content (AvgIpc) is 2.86. The van der Waals surface area contributed by atoms with Gasteiger partial charge in [0.2, 0.25) is 0 Å². The van der Waals surface area contributed by atoms with Gasteiger partial charge >= 0.3 is 0 Å². The molecule has 0 radical (unpaired) electrons. The van der Waals surface area contributed by atoms with E-state index in [-0.39, 0.29) is 0 Å². The van der Waals surface area contributed by atoms with Gasteiger partial charge in [-0.15, -0.1) is 11.3 Å². The minimum absolute atomic E-state index is 0.908. The first-order valence-electron chi connectivity index (χ1n) is 6.38. The van der Waals surface area contributed by atoms with E-state index in [2.05, 4.69) is 45.7 Å². The Balaban J connectivity index is 1.81. The number of fused-ring (bicyclic) bond motifs is 1. The summed E-state index contributed by atoms with van der Waals surface area (Å²) in [7, 11) is 0. The molecular formula is C14H17N3S. The van der Waals surface area contributed by atoms with Crippen LogP contribution in [0.2, 0.25) is 0 Å². The number of anilines is 2. The average molecular weight is 259 g/mol. The van der Waals surface area contributed by atoms with Crippen LogP contribution in [0.4, 0.5) is 11.6 Å². The molecule has 4 heteroatoms. The largest absolute Gasteiger partial charge is 0.370 e. The zero-order valence-corrected chi connectivity index (χ0v) is 11.3. The number of hydrogen-bond donors (Lipinski definition) is 1. The maximum atomic E-state index is 4.66. The van der Waals surface area contributed by atoms with Crippen molar-refractivity contribution in [1.29, 1.82) is 0 Å². The zero-order chi connectivity index (χ0) is 12.4. The zero-order valence-electron chi connectivity index (χ0n) is 10.5. The van der Waals surface area contributed by atoms with Crippen molar-refractivity contribution in [3.8, 4) is 0 Å². The fourth-order valence-electron chi connectivity index (χ4n) is 2.32. The summed E-state index contributed by atoms with van der Waals surface area (Å²) in [6, 6.07) is 8.43.